The lowest BCUT2D eigenvalue weighted by Gasteiger charge is -2.27. The van der Waals surface area contributed by atoms with Crippen LogP contribution in [0.4, 0.5) is 17.1 Å². The van der Waals surface area contributed by atoms with E-state index in [0.29, 0.717) is 11.3 Å². The monoisotopic (exact) mass is 457 g/mol. The maximum absolute atomic E-state index is 13.2. The molecule has 1 aliphatic heterocycles. The normalized spacial score (nSPS) is 17.1. The number of ketones is 1. The molecule has 4 rings (SSSR count). The van der Waals surface area contributed by atoms with Gasteiger partial charge in [-0.3, -0.25) is 24.6 Å². The van der Waals surface area contributed by atoms with Gasteiger partial charge < -0.3 is 10.0 Å². The van der Waals surface area contributed by atoms with E-state index in [9.17, 15) is 24.8 Å². The van der Waals surface area contributed by atoms with Gasteiger partial charge in [0.25, 0.3) is 17.4 Å². The van der Waals surface area contributed by atoms with Crippen molar-refractivity contribution in [3.8, 4) is 0 Å². The maximum atomic E-state index is 13.2. The molecule has 1 aliphatic rings. The van der Waals surface area contributed by atoms with Crippen LogP contribution < -0.4 is 9.80 Å². The van der Waals surface area contributed by atoms with Gasteiger partial charge in [0.15, 0.2) is 0 Å². The lowest BCUT2D eigenvalue weighted by molar-refractivity contribution is -0.384. The quantitative estimate of drug-likeness (QED) is 0.198. The summed E-state index contributed by atoms with van der Waals surface area (Å²) in [6, 6.07) is 19.0. The second-order valence-electron chi connectivity index (χ2n) is 8.25. The zero-order valence-electron chi connectivity index (χ0n) is 18.9. The number of Topliss-reactive ketones (excluding diaryl/α,β-unsaturated/α-hetero) is 1. The second kappa shape index (κ2) is 8.82. The van der Waals surface area contributed by atoms with Gasteiger partial charge in [0.05, 0.1) is 16.5 Å². The van der Waals surface area contributed by atoms with Gasteiger partial charge >= 0.3 is 0 Å². The highest BCUT2D eigenvalue weighted by Gasteiger charge is 2.47. The van der Waals surface area contributed by atoms with Crippen LogP contribution in [0.25, 0.3) is 5.76 Å². The van der Waals surface area contributed by atoms with E-state index in [4.69, 9.17) is 0 Å². The number of nitrogens with zero attached hydrogens (tertiary/aromatic N) is 3. The Morgan fingerprint density at radius 2 is 1.59 bits per heavy atom. The Morgan fingerprint density at radius 1 is 0.971 bits per heavy atom. The van der Waals surface area contributed by atoms with Crippen molar-refractivity contribution in [3.63, 3.8) is 0 Å². The summed E-state index contributed by atoms with van der Waals surface area (Å²) < 4.78 is 0. The number of non-ortho nitro benzene ring substituents is 1. The highest BCUT2D eigenvalue weighted by molar-refractivity contribution is 6.51. The first-order valence-electron chi connectivity index (χ1n) is 10.6. The highest BCUT2D eigenvalue weighted by atomic mass is 16.6. The molecule has 1 amide bonds. The summed E-state index contributed by atoms with van der Waals surface area (Å²) in [6.45, 7) is 1.84. The number of hydrogen-bond donors (Lipinski definition) is 1. The number of aliphatic hydroxyl groups excluding tert-OH is 1. The Morgan fingerprint density at radius 3 is 2.15 bits per heavy atom. The Kier molecular flexibility index (Phi) is 5.89. The van der Waals surface area contributed by atoms with E-state index < -0.39 is 22.7 Å². The van der Waals surface area contributed by atoms with Crippen LogP contribution in [-0.2, 0) is 9.59 Å². The van der Waals surface area contributed by atoms with Gasteiger partial charge in [-0.1, -0.05) is 30.3 Å². The zero-order chi connectivity index (χ0) is 24.6. The van der Waals surface area contributed by atoms with E-state index in [1.54, 1.807) is 12.1 Å². The van der Waals surface area contributed by atoms with Crippen molar-refractivity contribution in [2.45, 2.75) is 13.0 Å². The molecule has 8 nitrogen and oxygen atoms in total. The molecule has 0 bridgehead atoms. The first-order chi connectivity index (χ1) is 16.2. The number of hydrogen-bond acceptors (Lipinski definition) is 6. The lowest BCUT2D eigenvalue weighted by atomic mass is 9.94. The number of aryl methyl sites for hydroxylation is 1. The van der Waals surface area contributed by atoms with Gasteiger partial charge in [-0.2, -0.15) is 0 Å². The van der Waals surface area contributed by atoms with Crippen LogP contribution in [0.5, 0.6) is 0 Å². The highest BCUT2D eigenvalue weighted by Crippen LogP contribution is 2.43. The van der Waals surface area contributed by atoms with Crippen molar-refractivity contribution < 1.29 is 19.6 Å². The van der Waals surface area contributed by atoms with Crippen molar-refractivity contribution in [2.75, 3.05) is 23.9 Å². The summed E-state index contributed by atoms with van der Waals surface area (Å²) >= 11 is 0. The summed E-state index contributed by atoms with van der Waals surface area (Å²) in [4.78, 5) is 40.2. The van der Waals surface area contributed by atoms with Crippen LogP contribution >= 0.6 is 0 Å². The first-order valence-corrected chi connectivity index (χ1v) is 10.6. The van der Waals surface area contributed by atoms with Crippen LogP contribution in [0.3, 0.4) is 0 Å². The van der Waals surface area contributed by atoms with Gasteiger partial charge in [0.1, 0.15) is 5.76 Å². The smallest absolute Gasteiger partial charge is 0.300 e. The molecule has 3 aromatic carbocycles. The molecule has 0 aliphatic carbocycles. The van der Waals surface area contributed by atoms with Crippen molar-refractivity contribution in [1.82, 2.24) is 0 Å². The van der Waals surface area contributed by atoms with Crippen molar-refractivity contribution in [1.29, 1.82) is 0 Å². The van der Waals surface area contributed by atoms with Crippen LogP contribution in [0.15, 0.2) is 78.4 Å². The third kappa shape index (κ3) is 3.90. The molecule has 3 aromatic rings. The fourth-order valence-corrected chi connectivity index (χ4v) is 4.08. The molecule has 172 valence electrons. The van der Waals surface area contributed by atoms with E-state index in [2.05, 4.69) is 0 Å². The largest absolute Gasteiger partial charge is 0.507 e. The van der Waals surface area contributed by atoms with Gasteiger partial charge in [0, 0.05) is 43.2 Å². The van der Waals surface area contributed by atoms with E-state index in [1.165, 1.54) is 29.2 Å². The van der Waals surface area contributed by atoms with E-state index in [0.717, 1.165) is 11.3 Å². The lowest BCUT2D eigenvalue weighted by Crippen LogP contribution is -2.30. The average Bonchev–Trinajstić information content (AvgIpc) is 3.09. The Balaban J connectivity index is 1.92. The summed E-state index contributed by atoms with van der Waals surface area (Å²) in [5, 5.41) is 22.1. The number of carbonyl (C=O) groups is 2. The summed E-state index contributed by atoms with van der Waals surface area (Å²) in [7, 11) is 3.81. The number of rotatable bonds is 5. The van der Waals surface area contributed by atoms with Crippen LogP contribution in [0.2, 0.25) is 0 Å². The summed E-state index contributed by atoms with van der Waals surface area (Å²) in [5.74, 6) is -1.95. The molecule has 1 fully saturated rings. The molecular weight excluding hydrogens is 434 g/mol. The van der Waals surface area contributed by atoms with E-state index in [1.807, 2.05) is 62.3 Å². The van der Waals surface area contributed by atoms with Crippen LogP contribution in [0.1, 0.15) is 22.7 Å². The molecule has 0 radical (unpaired) electrons. The third-order valence-electron chi connectivity index (χ3n) is 5.90. The molecule has 1 unspecified atom stereocenters. The van der Waals surface area contributed by atoms with Gasteiger partial charge in [-0.05, 0) is 48.4 Å². The first kappa shape index (κ1) is 22.7. The van der Waals surface area contributed by atoms with E-state index in [-0.39, 0.29) is 22.6 Å². The Hall–Kier alpha value is -4.46. The predicted octanol–water partition coefficient (Wildman–Crippen LogP) is 4.60. The fourth-order valence-electron chi connectivity index (χ4n) is 4.08. The Labute approximate surface area is 196 Å². The Bertz CT molecular complexity index is 1310. The molecular formula is C26H23N3O5. The van der Waals surface area contributed by atoms with E-state index >= 15 is 0 Å². The molecule has 34 heavy (non-hydrogen) atoms. The SMILES string of the molecule is Cc1ccccc1N1C(=O)C(=O)/C(=C(\O)c2ccc([N+](=O)[O-])cc2)C1c1ccc(N(C)C)cc1. The fraction of sp³-hybridized carbons (Fsp3) is 0.154. The predicted molar refractivity (Wildman–Crippen MR) is 130 cm³/mol. The summed E-state index contributed by atoms with van der Waals surface area (Å²) in [5.41, 5.74) is 2.95. The number of anilines is 2. The number of nitro benzene ring substituents is 1. The molecule has 0 aromatic heterocycles. The van der Waals surface area contributed by atoms with Crippen molar-refractivity contribution in [2.24, 2.45) is 0 Å². The molecule has 0 spiro atoms. The number of benzene rings is 3. The average molecular weight is 457 g/mol. The summed E-state index contributed by atoms with van der Waals surface area (Å²) in [6.07, 6.45) is 0. The molecule has 1 atom stereocenters. The minimum Gasteiger partial charge on any atom is -0.507 e. The number of amides is 1. The van der Waals surface area contributed by atoms with Gasteiger partial charge in [0.2, 0.25) is 0 Å². The maximum Gasteiger partial charge on any atom is 0.300 e. The van der Waals surface area contributed by atoms with Crippen LogP contribution in [-0.4, -0.2) is 35.8 Å². The number of aliphatic hydroxyl groups is 1. The third-order valence-corrected chi connectivity index (χ3v) is 5.90. The van der Waals surface area contributed by atoms with Gasteiger partial charge in [-0.25, -0.2) is 0 Å². The van der Waals surface area contributed by atoms with Crippen molar-refractivity contribution in [3.05, 3.63) is 105 Å². The van der Waals surface area contributed by atoms with Gasteiger partial charge in [-0.15, -0.1) is 0 Å². The topological polar surface area (TPSA) is 104 Å². The second-order valence-corrected chi connectivity index (χ2v) is 8.25. The molecule has 1 heterocycles. The molecule has 0 saturated carbocycles. The molecule has 1 N–H and O–H groups in total. The van der Waals surface area contributed by atoms with Crippen LogP contribution in [0, 0.1) is 17.0 Å². The standard InChI is InChI=1S/C26H23N3O5/c1-16-6-4-5-7-21(16)28-23(17-8-12-19(13-9-17)27(2)3)22(25(31)26(28)32)24(30)18-10-14-20(15-11-18)29(33)34/h4-15,23,30H,1-3H3/b24-22-. The zero-order valence-corrected chi connectivity index (χ0v) is 18.9. The minimum atomic E-state index is -0.868. The number of carbonyl (C=O) groups excluding carboxylic acids is 2. The number of para-hydroxylation sites is 1. The van der Waals surface area contributed by atoms with Crippen molar-refractivity contribution >= 4 is 34.5 Å². The minimum absolute atomic E-state index is 0.0697. The molecule has 1 saturated heterocycles. The number of nitro groups is 1. The molecule has 8 heteroatoms.